The Morgan fingerprint density at radius 1 is 1.19 bits per heavy atom. The molecule has 11 heteroatoms. The second-order valence-corrected chi connectivity index (χ2v) is 11.5. The Morgan fingerprint density at radius 2 is 1.98 bits per heavy atom. The molecule has 10 nitrogen and oxygen atoms in total. The van der Waals surface area contributed by atoms with E-state index in [1.165, 1.54) is 24.5 Å². The van der Waals surface area contributed by atoms with Gasteiger partial charge in [0.2, 0.25) is 0 Å². The lowest BCUT2D eigenvalue weighted by Crippen LogP contribution is -2.33. The third-order valence-electron chi connectivity index (χ3n) is 8.30. The third kappa shape index (κ3) is 5.90. The topological polar surface area (TPSA) is 135 Å². The zero-order valence-electron chi connectivity index (χ0n) is 24.1. The standard InChI is InChI=1S/C31H35FN8O2/c1-20(2)38(3)30(41)24-13-22(32)5-7-27(24)42-28-15-36-19-37-29(28)40-11-9-31(18-40)8-10-39(17-31)16-21-4-6-23(25(34)12-21)26(35)14-33/h4-7,12-13,15,19-20,35H,8-11,16-18,34H2,1-3H3. The van der Waals surface area contributed by atoms with Crippen LogP contribution in [-0.2, 0) is 6.54 Å². The lowest BCUT2D eigenvalue weighted by atomic mass is 9.86. The number of ether oxygens (including phenoxy) is 1. The molecule has 0 saturated carbocycles. The minimum absolute atomic E-state index is 0.0640. The number of benzene rings is 2. The summed E-state index contributed by atoms with van der Waals surface area (Å²) in [6.07, 6.45) is 5.10. The van der Waals surface area contributed by atoms with Crippen molar-refractivity contribution in [3.63, 3.8) is 0 Å². The average Bonchev–Trinajstić information content (AvgIpc) is 3.58. The van der Waals surface area contributed by atoms with Crippen molar-refractivity contribution >= 4 is 23.1 Å². The van der Waals surface area contributed by atoms with E-state index >= 15 is 0 Å². The Balaban J connectivity index is 1.29. The Bertz CT molecular complexity index is 1550. The van der Waals surface area contributed by atoms with Crippen LogP contribution in [0.15, 0.2) is 48.9 Å². The molecule has 2 fully saturated rings. The Morgan fingerprint density at radius 3 is 2.71 bits per heavy atom. The normalized spacial score (nSPS) is 18.4. The van der Waals surface area contributed by atoms with Gasteiger partial charge in [-0.15, -0.1) is 0 Å². The highest BCUT2D eigenvalue weighted by molar-refractivity contribution is 6.12. The summed E-state index contributed by atoms with van der Waals surface area (Å²) < 4.78 is 20.4. The number of aromatic nitrogens is 2. The number of nitriles is 1. The van der Waals surface area contributed by atoms with Crippen LogP contribution in [0.2, 0.25) is 0 Å². The van der Waals surface area contributed by atoms with Crippen molar-refractivity contribution in [3.05, 3.63) is 71.4 Å². The maximum Gasteiger partial charge on any atom is 0.257 e. The van der Waals surface area contributed by atoms with E-state index in [4.69, 9.17) is 21.1 Å². The van der Waals surface area contributed by atoms with Crippen molar-refractivity contribution in [3.8, 4) is 17.6 Å². The highest BCUT2D eigenvalue weighted by Crippen LogP contribution is 2.43. The molecule has 2 saturated heterocycles. The monoisotopic (exact) mass is 570 g/mol. The molecule has 1 amide bonds. The van der Waals surface area contributed by atoms with Gasteiger partial charge in [0.15, 0.2) is 11.6 Å². The summed E-state index contributed by atoms with van der Waals surface area (Å²) in [6.45, 7) is 7.97. The number of hydrogen-bond acceptors (Lipinski definition) is 9. The molecule has 42 heavy (non-hydrogen) atoms. The van der Waals surface area contributed by atoms with E-state index in [2.05, 4.69) is 19.8 Å². The maximum absolute atomic E-state index is 14.2. The molecule has 2 aliphatic rings. The molecule has 0 aliphatic carbocycles. The second-order valence-electron chi connectivity index (χ2n) is 11.5. The quantitative estimate of drug-likeness (QED) is 0.299. The molecule has 0 radical (unpaired) electrons. The number of carbonyl (C=O) groups excluding carboxylic acids is 1. The summed E-state index contributed by atoms with van der Waals surface area (Å²) in [7, 11) is 1.68. The van der Waals surface area contributed by atoms with Crippen molar-refractivity contribution in [2.45, 2.75) is 39.3 Å². The van der Waals surface area contributed by atoms with Crippen LogP contribution in [0.25, 0.3) is 0 Å². The molecule has 1 spiro atoms. The third-order valence-corrected chi connectivity index (χ3v) is 8.30. The first-order chi connectivity index (χ1) is 20.1. The largest absolute Gasteiger partial charge is 0.451 e. The molecule has 3 aromatic rings. The first kappa shape index (κ1) is 29.0. The van der Waals surface area contributed by atoms with Crippen molar-refractivity contribution < 1.29 is 13.9 Å². The van der Waals surface area contributed by atoms with Crippen LogP contribution in [0.1, 0.15) is 48.2 Å². The lowest BCUT2D eigenvalue weighted by molar-refractivity contribution is 0.0751. The van der Waals surface area contributed by atoms with Crippen LogP contribution < -0.4 is 15.4 Å². The second kappa shape index (κ2) is 11.7. The highest BCUT2D eigenvalue weighted by Gasteiger charge is 2.44. The number of anilines is 2. The van der Waals surface area contributed by atoms with Gasteiger partial charge in [0.1, 0.15) is 29.7 Å². The van der Waals surface area contributed by atoms with Crippen molar-refractivity contribution in [1.82, 2.24) is 19.8 Å². The zero-order chi connectivity index (χ0) is 30.0. The van der Waals surface area contributed by atoms with E-state index in [-0.39, 0.29) is 34.4 Å². The van der Waals surface area contributed by atoms with Gasteiger partial charge < -0.3 is 20.3 Å². The van der Waals surface area contributed by atoms with Gasteiger partial charge in [0.25, 0.3) is 5.91 Å². The van der Waals surface area contributed by atoms with Crippen LogP contribution in [-0.4, -0.2) is 70.7 Å². The molecule has 2 aliphatic heterocycles. The number of nitrogen functional groups attached to an aromatic ring is 1. The Kier molecular flexibility index (Phi) is 8.09. The minimum atomic E-state index is -0.514. The fourth-order valence-corrected chi connectivity index (χ4v) is 5.79. The smallest absolute Gasteiger partial charge is 0.257 e. The summed E-state index contributed by atoms with van der Waals surface area (Å²) in [5, 5.41) is 16.8. The summed E-state index contributed by atoms with van der Waals surface area (Å²) >= 11 is 0. The molecule has 0 bridgehead atoms. The van der Waals surface area contributed by atoms with E-state index < -0.39 is 5.82 Å². The van der Waals surface area contributed by atoms with Gasteiger partial charge in [-0.2, -0.15) is 5.26 Å². The number of halogens is 1. The SMILES string of the molecule is CC(C)N(C)C(=O)c1cc(F)ccc1Oc1cncnc1N1CCC2(CCN(Cc3ccc(C(=N)C#N)c(N)c3)C2)C1. The molecule has 218 valence electrons. The molecular weight excluding hydrogens is 535 g/mol. The number of carbonyl (C=O) groups is 1. The van der Waals surface area contributed by atoms with Crippen molar-refractivity contribution in [1.29, 1.82) is 10.7 Å². The van der Waals surface area contributed by atoms with Gasteiger partial charge in [-0.05, 0) is 69.1 Å². The predicted octanol–water partition coefficient (Wildman–Crippen LogP) is 4.46. The number of hydrogen-bond donors (Lipinski definition) is 2. The molecule has 1 aromatic heterocycles. The van der Waals surface area contributed by atoms with Crippen LogP contribution >= 0.6 is 0 Å². The fraction of sp³-hybridized carbons (Fsp3) is 0.387. The molecule has 2 aromatic carbocycles. The molecular formula is C31H35FN8O2. The first-order valence-electron chi connectivity index (χ1n) is 14.0. The average molecular weight is 571 g/mol. The summed E-state index contributed by atoms with van der Waals surface area (Å²) in [5.74, 6) is 0.462. The number of nitrogens with zero attached hydrogens (tertiary/aromatic N) is 6. The van der Waals surface area contributed by atoms with E-state index in [0.29, 0.717) is 22.8 Å². The van der Waals surface area contributed by atoms with E-state index in [1.54, 1.807) is 24.2 Å². The number of likely N-dealkylation sites (tertiary alicyclic amines) is 1. The zero-order valence-corrected chi connectivity index (χ0v) is 24.1. The first-order valence-corrected chi connectivity index (χ1v) is 14.0. The van der Waals surface area contributed by atoms with Gasteiger partial charge in [0.05, 0.1) is 11.8 Å². The van der Waals surface area contributed by atoms with Gasteiger partial charge >= 0.3 is 0 Å². The van der Waals surface area contributed by atoms with Gasteiger partial charge in [-0.1, -0.05) is 6.07 Å². The Hall–Kier alpha value is -4.56. The number of rotatable bonds is 8. The summed E-state index contributed by atoms with van der Waals surface area (Å²) in [6, 6.07) is 11.3. The molecule has 1 unspecified atom stereocenters. The number of nitrogens with one attached hydrogen (secondary N) is 1. The van der Waals surface area contributed by atoms with Crippen LogP contribution in [0.5, 0.6) is 11.5 Å². The van der Waals surface area contributed by atoms with E-state index in [0.717, 1.165) is 51.1 Å². The minimum Gasteiger partial charge on any atom is -0.451 e. The lowest BCUT2D eigenvalue weighted by Gasteiger charge is -2.26. The molecule has 5 rings (SSSR count). The van der Waals surface area contributed by atoms with E-state index in [1.807, 2.05) is 32.0 Å². The van der Waals surface area contributed by atoms with Crippen LogP contribution in [0, 0.1) is 28.0 Å². The predicted molar refractivity (Wildman–Crippen MR) is 158 cm³/mol. The molecule has 3 N–H and O–H groups in total. The fourth-order valence-electron chi connectivity index (χ4n) is 5.79. The summed E-state index contributed by atoms with van der Waals surface area (Å²) in [4.78, 5) is 28.0. The molecule has 1 atom stereocenters. The van der Waals surface area contributed by atoms with Gasteiger partial charge in [-0.25, -0.2) is 14.4 Å². The van der Waals surface area contributed by atoms with Gasteiger partial charge in [0, 0.05) is 55.9 Å². The van der Waals surface area contributed by atoms with Crippen molar-refractivity contribution in [2.75, 3.05) is 43.9 Å². The van der Waals surface area contributed by atoms with Crippen LogP contribution in [0.4, 0.5) is 15.9 Å². The highest BCUT2D eigenvalue weighted by atomic mass is 19.1. The number of amides is 1. The molecule has 3 heterocycles. The van der Waals surface area contributed by atoms with Gasteiger partial charge in [-0.3, -0.25) is 15.1 Å². The maximum atomic E-state index is 14.2. The summed E-state index contributed by atoms with van der Waals surface area (Å²) in [5.41, 5.74) is 8.17. The van der Waals surface area contributed by atoms with Crippen molar-refractivity contribution in [2.24, 2.45) is 5.41 Å². The van der Waals surface area contributed by atoms with Crippen LogP contribution in [0.3, 0.4) is 0 Å². The number of nitrogens with two attached hydrogens (primary N) is 1. The Labute approximate surface area is 245 Å². The van der Waals surface area contributed by atoms with E-state index in [9.17, 15) is 9.18 Å².